The Morgan fingerprint density at radius 3 is 2.46 bits per heavy atom. The second kappa shape index (κ2) is 11.9. The van der Waals surface area contributed by atoms with Gasteiger partial charge >= 0.3 is 0 Å². The van der Waals surface area contributed by atoms with E-state index >= 15 is 0 Å². The van der Waals surface area contributed by atoms with Crippen LogP contribution in [-0.2, 0) is 6.54 Å². The lowest BCUT2D eigenvalue weighted by Gasteiger charge is -2.23. The second-order valence-corrected chi connectivity index (χ2v) is 6.84. The van der Waals surface area contributed by atoms with Gasteiger partial charge in [0, 0.05) is 35.8 Å². The number of anilines is 1. The van der Waals surface area contributed by atoms with E-state index in [1.807, 2.05) is 12.1 Å². The normalized spacial score (nSPS) is 11.2. The fourth-order valence-electron chi connectivity index (χ4n) is 2.89. The first kappa shape index (κ1) is 21.6. The van der Waals surface area contributed by atoms with E-state index in [-0.39, 0.29) is 5.91 Å². The number of aromatic nitrogens is 1. The molecular formula is C22H31N5O. The van der Waals surface area contributed by atoms with Gasteiger partial charge in [-0.2, -0.15) is 5.10 Å². The molecule has 28 heavy (non-hydrogen) atoms. The van der Waals surface area contributed by atoms with Crippen LogP contribution in [0.25, 0.3) is 0 Å². The quantitative estimate of drug-likeness (QED) is 0.352. The van der Waals surface area contributed by atoms with Crippen LogP contribution in [0, 0.1) is 0 Å². The molecule has 6 heteroatoms. The van der Waals surface area contributed by atoms with Gasteiger partial charge in [-0.15, -0.1) is 0 Å². The lowest BCUT2D eigenvalue weighted by Crippen LogP contribution is -2.26. The summed E-state index contributed by atoms with van der Waals surface area (Å²) in [5.74, 6) is -0.279. The van der Waals surface area contributed by atoms with E-state index in [1.165, 1.54) is 25.7 Å². The standard InChI is InChI=1S/C22H31N5O/c1-3-5-14-27(15-6-4-2)17-20-9-7-8-19(21(20)23)16-25-26-22(28)18-10-12-24-13-11-18/h7-13,16H,3-6,14-15,17,23H2,1-2H3,(H,26,28)/b25-16+. The minimum atomic E-state index is -0.279. The smallest absolute Gasteiger partial charge is 0.271 e. The Balaban J connectivity index is 2.03. The topological polar surface area (TPSA) is 83.6 Å². The number of unbranched alkanes of at least 4 members (excludes halogenated alkanes) is 2. The van der Waals surface area contributed by atoms with Gasteiger partial charge in [0.1, 0.15) is 0 Å². The minimum absolute atomic E-state index is 0.279. The zero-order chi connectivity index (χ0) is 20.2. The van der Waals surface area contributed by atoms with E-state index in [1.54, 1.807) is 30.7 Å². The molecule has 6 nitrogen and oxygen atoms in total. The van der Waals surface area contributed by atoms with Crippen molar-refractivity contribution < 1.29 is 4.79 Å². The number of nitrogens with one attached hydrogen (secondary N) is 1. The Morgan fingerprint density at radius 1 is 1.14 bits per heavy atom. The average molecular weight is 382 g/mol. The van der Waals surface area contributed by atoms with Crippen molar-refractivity contribution >= 4 is 17.8 Å². The van der Waals surface area contributed by atoms with Crippen LogP contribution in [0.15, 0.2) is 47.8 Å². The molecule has 2 rings (SSSR count). The zero-order valence-corrected chi connectivity index (χ0v) is 16.9. The average Bonchev–Trinajstić information content (AvgIpc) is 2.73. The van der Waals surface area contributed by atoms with Crippen LogP contribution < -0.4 is 11.2 Å². The van der Waals surface area contributed by atoms with Gasteiger partial charge in [0.25, 0.3) is 5.91 Å². The van der Waals surface area contributed by atoms with Gasteiger partial charge in [0.15, 0.2) is 0 Å². The molecule has 0 bridgehead atoms. The van der Waals surface area contributed by atoms with Crippen molar-refractivity contribution in [2.45, 2.75) is 46.1 Å². The van der Waals surface area contributed by atoms with Crippen LogP contribution in [0.4, 0.5) is 5.69 Å². The summed E-state index contributed by atoms with van der Waals surface area (Å²) < 4.78 is 0. The fourth-order valence-corrected chi connectivity index (χ4v) is 2.89. The summed E-state index contributed by atoms with van der Waals surface area (Å²) in [7, 11) is 0. The molecule has 2 aromatic rings. The maximum atomic E-state index is 12.0. The zero-order valence-electron chi connectivity index (χ0n) is 16.9. The van der Waals surface area contributed by atoms with Crippen molar-refractivity contribution in [2.24, 2.45) is 5.10 Å². The molecule has 1 amide bonds. The number of amides is 1. The highest BCUT2D eigenvalue weighted by Gasteiger charge is 2.10. The van der Waals surface area contributed by atoms with Crippen LogP contribution in [0.3, 0.4) is 0 Å². The highest BCUT2D eigenvalue weighted by molar-refractivity contribution is 5.95. The SMILES string of the molecule is CCCCN(CCCC)Cc1cccc(/C=N/NC(=O)c2ccncc2)c1N. The third-order valence-electron chi connectivity index (χ3n) is 4.59. The Hall–Kier alpha value is -2.73. The second-order valence-electron chi connectivity index (χ2n) is 6.84. The third kappa shape index (κ3) is 6.78. The van der Waals surface area contributed by atoms with Crippen LogP contribution in [-0.4, -0.2) is 35.1 Å². The van der Waals surface area contributed by atoms with E-state index in [4.69, 9.17) is 5.73 Å². The Bertz CT molecular complexity index is 753. The number of hydrogen-bond donors (Lipinski definition) is 2. The van der Waals surface area contributed by atoms with Gasteiger partial charge in [0.05, 0.1) is 6.21 Å². The highest BCUT2D eigenvalue weighted by atomic mass is 16.2. The van der Waals surface area contributed by atoms with Crippen molar-refractivity contribution in [2.75, 3.05) is 18.8 Å². The molecular weight excluding hydrogens is 350 g/mol. The van der Waals surface area contributed by atoms with E-state index in [0.29, 0.717) is 11.3 Å². The maximum absolute atomic E-state index is 12.0. The van der Waals surface area contributed by atoms with E-state index in [2.05, 4.69) is 40.3 Å². The van der Waals surface area contributed by atoms with Gasteiger partial charge < -0.3 is 5.73 Å². The number of hydrazone groups is 1. The first-order valence-electron chi connectivity index (χ1n) is 9.98. The number of carbonyl (C=O) groups is 1. The highest BCUT2D eigenvalue weighted by Crippen LogP contribution is 2.18. The fraction of sp³-hybridized carbons (Fsp3) is 0.409. The lowest BCUT2D eigenvalue weighted by atomic mass is 10.1. The molecule has 0 aliphatic heterocycles. The van der Waals surface area contributed by atoms with Gasteiger partial charge in [-0.25, -0.2) is 5.43 Å². The van der Waals surface area contributed by atoms with E-state index < -0.39 is 0 Å². The van der Waals surface area contributed by atoms with Gasteiger partial charge in [-0.3, -0.25) is 14.7 Å². The Morgan fingerprint density at radius 2 is 1.82 bits per heavy atom. The number of rotatable bonds is 11. The van der Waals surface area contributed by atoms with Crippen LogP contribution >= 0.6 is 0 Å². The summed E-state index contributed by atoms with van der Waals surface area (Å²) in [5, 5.41) is 4.06. The van der Waals surface area contributed by atoms with Crippen LogP contribution in [0.2, 0.25) is 0 Å². The third-order valence-corrected chi connectivity index (χ3v) is 4.59. The first-order chi connectivity index (χ1) is 13.7. The largest absolute Gasteiger partial charge is 0.398 e. The summed E-state index contributed by atoms with van der Waals surface area (Å²) in [6, 6.07) is 9.23. The van der Waals surface area contributed by atoms with Crippen molar-refractivity contribution in [3.05, 3.63) is 59.4 Å². The molecule has 0 atom stereocenters. The summed E-state index contributed by atoms with van der Waals surface area (Å²) in [5.41, 5.74) is 12.0. The van der Waals surface area contributed by atoms with E-state index in [0.717, 1.165) is 30.8 Å². The summed E-state index contributed by atoms with van der Waals surface area (Å²) in [4.78, 5) is 18.4. The molecule has 1 aromatic carbocycles. The molecule has 0 spiro atoms. The van der Waals surface area contributed by atoms with Crippen molar-refractivity contribution in [1.29, 1.82) is 0 Å². The Labute approximate surface area is 167 Å². The molecule has 150 valence electrons. The van der Waals surface area contributed by atoms with Gasteiger partial charge in [-0.05, 0) is 43.6 Å². The summed E-state index contributed by atoms with van der Waals surface area (Å²) >= 11 is 0. The molecule has 0 saturated heterocycles. The summed E-state index contributed by atoms with van der Waals surface area (Å²) in [6.07, 6.45) is 9.48. The van der Waals surface area contributed by atoms with Crippen molar-refractivity contribution in [1.82, 2.24) is 15.3 Å². The van der Waals surface area contributed by atoms with Crippen molar-refractivity contribution in [3.63, 3.8) is 0 Å². The minimum Gasteiger partial charge on any atom is -0.398 e. The molecule has 0 aliphatic rings. The molecule has 1 aromatic heterocycles. The Kier molecular flexibility index (Phi) is 9.15. The van der Waals surface area contributed by atoms with Crippen molar-refractivity contribution in [3.8, 4) is 0 Å². The molecule has 0 fully saturated rings. The number of benzene rings is 1. The number of nitrogen functional groups attached to an aromatic ring is 1. The van der Waals surface area contributed by atoms with Crippen LogP contribution in [0.5, 0.6) is 0 Å². The number of nitrogens with zero attached hydrogens (tertiary/aromatic N) is 3. The first-order valence-corrected chi connectivity index (χ1v) is 9.98. The number of pyridine rings is 1. The predicted octanol–water partition coefficient (Wildman–Crippen LogP) is 3.83. The molecule has 1 heterocycles. The number of carbonyl (C=O) groups excluding carboxylic acids is 1. The van der Waals surface area contributed by atoms with E-state index in [9.17, 15) is 4.79 Å². The maximum Gasteiger partial charge on any atom is 0.271 e. The number of hydrogen-bond acceptors (Lipinski definition) is 5. The monoisotopic (exact) mass is 381 g/mol. The molecule has 0 saturated carbocycles. The number of para-hydroxylation sites is 1. The summed E-state index contributed by atoms with van der Waals surface area (Å²) in [6.45, 7) is 7.41. The van der Waals surface area contributed by atoms with Gasteiger partial charge in [-0.1, -0.05) is 44.9 Å². The van der Waals surface area contributed by atoms with Crippen LogP contribution in [0.1, 0.15) is 61.0 Å². The number of nitrogens with two attached hydrogens (primary N) is 1. The molecule has 3 N–H and O–H groups in total. The predicted molar refractivity (Wildman–Crippen MR) is 115 cm³/mol. The molecule has 0 radical (unpaired) electrons. The lowest BCUT2D eigenvalue weighted by molar-refractivity contribution is 0.0955. The van der Waals surface area contributed by atoms with Gasteiger partial charge in [0.2, 0.25) is 0 Å². The molecule has 0 aliphatic carbocycles. The molecule has 0 unspecified atom stereocenters.